The van der Waals surface area contributed by atoms with Crippen LogP contribution in [0.3, 0.4) is 0 Å². The number of pyridine rings is 1. The maximum atomic E-state index is 13.0. The fourth-order valence-electron chi connectivity index (χ4n) is 5.37. The van der Waals surface area contributed by atoms with Crippen molar-refractivity contribution in [1.82, 2.24) is 19.4 Å². The van der Waals surface area contributed by atoms with Crippen molar-refractivity contribution in [3.8, 4) is 6.07 Å². The standard InChI is InChI=1S/C26H40N6O2Si/c1-29(13-11-27)17-20-6-8-21(9-7-20)32-18-30(2)26(33)23-16-28-25-22(24(23)32)10-12-31(25)19-34-14-15-35(3,4)5/h10,12,16,20-21H,6-9,13-15,17-19H2,1-5H3/t20-,21-. The summed E-state index contributed by atoms with van der Waals surface area (Å²) in [5.74, 6) is 0.664. The van der Waals surface area contributed by atoms with Gasteiger partial charge in [0, 0.05) is 52.1 Å². The first-order chi connectivity index (χ1) is 16.7. The first kappa shape index (κ1) is 25.7. The van der Waals surface area contributed by atoms with Gasteiger partial charge in [-0.3, -0.25) is 9.69 Å². The summed E-state index contributed by atoms with van der Waals surface area (Å²) < 4.78 is 8.05. The molecule has 0 radical (unpaired) electrons. The first-order valence-electron chi connectivity index (χ1n) is 12.8. The minimum Gasteiger partial charge on any atom is -0.361 e. The van der Waals surface area contributed by atoms with Gasteiger partial charge in [0.1, 0.15) is 12.4 Å². The van der Waals surface area contributed by atoms with E-state index in [1.54, 1.807) is 11.1 Å². The quantitative estimate of drug-likeness (QED) is 0.294. The van der Waals surface area contributed by atoms with Crippen molar-refractivity contribution in [3.63, 3.8) is 0 Å². The normalized spacial score (nSPS) is 21.0. The molecule has 1 saturated carbocycles. The Morgan fingerprint density at radius 1 is 1.26 bits per heavy atom. The molecule has 0 N–H and O–H groups in total. The number of fused-ring (bicyclic) bond motifs is 3. The van der Waals surface area contributed by atoms with E-state index in [-0.39, 0.29) is 5.91 Å². The van der Waals surface area contributed by atoms with Gasteiger partial charge < -0.3 is 19.1 Å². The van der Waals surface area contributed by atoms with Gasteiger partial charge >= 0.3 is 0 Å². The van der Waals surface area contributed by atoms with Crippen LogP contribution in [0.15, 0.2) is 18.5 Å². The molecule has 35 heavy (non-hydrogen) atoms. The summed E-state index contributed by atoms with van der Waals surface area (Å²) in [6.07, 6.45) is 8.26. The number of carbonyl (C=O) groups is 1. The van der Waals surface area contributed by atoms with Crippen LogP contribution in [0, 0.1) is 17.2 Å². The van der Waals surface area contributed by atoms with E-state index >= 15 is 0 Å². The second-order valence-corrected chi connectivity index (χ2v) is 17.2. The average Bonchev–Trinajstić information content (AvgIpc) is 3.22. The van der Waals surface area contributed by atoms with Gasteiger partial charge in [-0.2, -0.15) is 5.26 Å². The van der Waals surface area contributed by atoms with Crippen LogP contribution in [-0.2, 0) is 11.5 Å². The molecule has 1 fully saturated rings. The number of carbonyl (C=O) groups excluding carboxylic acids is 1. The van der Waals surface area contributed by atoms with Crippen molar-refractivity contribution in [3.05, 3.63) is 24.0 Å². The molecule has 2 aromatic heterocycles. The Balaban J connectivity index is 1.52. The molecule has 0 bridgehead atoms. The third kappa shape index (κ3) is 5.88. The topological polar surface area (TPSA) is 77.6 Å². The Bertz CT molecular complexity index is 1080. The second-order valence-electron chi connectivity index (χ2n) is 11.5. The lowest BCUT2D eigenvalue weighted by atomic mass is 9.84. The lowest BCUT2D eigenvalue weighted by Crippen LogP contribution is -2.50. The molecule has 0 spiro atoms. The summed E-state index contributed by atoms with van der Waals surface area (Å²) in [5, 5.41) is 9.99. The van der Waals surface area contributed by atoms with E-state index in [9.17, 15) is 4.79 Å². The van der Waals surface area contributed by atoms with Gasteiger partial charge in [0.15, 0.2) is 0 Å². The van der Waals surface area contributed by atoms with Crippen molar-refractivity contribution in [2.24, 2.45) is 5.92 Å². The van der Waals surface area contributed by atoms with Gasteiger partial charge in [0.05, 0.1) is 30.5 Å². The molecule has 1 amide bonds. The third-order valence-electron chi connectivity index (χ3n) is 7.38. The number of aromatic nitrogens is 2. The van der Waals surface area contributed by atoms with Gasteiger partial charge in [-0.15, -0.1) is 0 Å². The molecule has 8 nitrogen and oxygen atoms in total. The number of hydrogen-bond acceptors (Lipinski definition) is 6. The Hall–Kier alpha value is -2.41. The number of nitrogens with zero attached hydrogens (tertiary/aromatic N) is 6. The zero-order valence-corrected chi connectivity index (χ0v) is 23.0. The molecule has 0 unspecified atom stereocenters. The van der Waals surface area contributed by atoms with Gasteiger partial charge in [-0.05, 0) is 50.8 Å². The minimum absolute atomic E-state index is 0.0385. The van der Waals surface area contributed by atoms with Crippen molar-refractivity contribution in [2.45, 2.75) is 64.1 Å². The summed E-state index contributed by atoms with van der Waals surface area (Å²) in [5.41, 5.74) is 2.61. The third-order valence-corrected chi connectivity index (χ3v) is 9.09. The second kappa shape index (κ2) is 10.7. The van der Waals surface area contributed by atoms with E-state index in [0.29, 0.717) is 37.5 Å². The number of amides is 1. The monoisotopic (exact) mass is 496 g/mol. The van der Waals surface area contributed by atoms with Crippen LogP contribution in [0.5, 0.6) is 0 Å². The van der Waals surface area contributed by atoms with E-state index in [1.165, 1.54) is 0 Å². The Morgan fingerprint density at radius 2 is 2.00 bits per heavy atom. The van der Waals surface area contributed by atoms with E-state index in [4.69, 9.17) is 15.0 Å². The highest BCUT2D eigenvalue weighted by Gasteiger charge is 2.35. The summed E-state index contributed by atoms with van der Waals surface area (Å²) in [6.45, 7) is 10.4. The van der Waals surface area contributed by atoms with Crippen LogP contribution < -0.4 is 4.90 Å². The van der Waals surface area contributed by atoms with Crippen LogP contribution in [0.1, 0.15) is 36.0 Å². The van der Waals surface area contributed by atoms with Crippen molar-refractivity contribution < 1.29 is 9.53 Å². The zero-order chi connectivity index (χ0) is 25.2. The molecule has 190 valence electrons. The Labute approximate surface area is 210 Å². The number of nitriles is 1. The number of hydrogen-bond donors (Lipinski definition) is 0. The molecule has 3 heterocycles. The smallest absolute Gasteiger partial charge is 0.258 e. The molecule has 0 aromatic carbocycles. The summed E-state index contributed by atoms with van der Waals surface area (Å²) >= 11 is 0. The van der Waals surface area contributed by atoms with Crippen LogP contribution in [0.2, 0.25) is 25.7 Å². The van der Waals surface area contributed by atoms with Gasteiger partial charge in [0.2, 0.25) is 0 Å². The van der Waals surface area contributed by atoms with Gasteiger partial charge in [0.25, 0.3) is 5.91 Å². The van der Waals surface area contributed by atoms with Crippen molar-refractivity contribution in [2.75, 3.05) is 45.4 Å². The van der Waals surface area contributed by atoms with E-state index in [0.717, 1.165) is 61.6 Å². The molecule has 1 aliphatic carbocycles. The van der Waals surface area contributed by atoms with Crippen LogP contribution in [-0.4, -0.2) is 79.8 Å². The molecule has 2 aromatic rings. The molecule has 0 saturated heterocycles. The van der Waals surface area contributed by atoms with Crippen molar-refractivity contribution in [1.29, 1.82) is 5.26 Å². The van der Waals surface area contributed by atoms with Crippen LogP contribution in [0.4, 0.5) is 5.69 Å². The molecule has 1 aliphatic heterocycles. The fourth-order valence-corrected chi connectivity index (χ4v) is 6.13. The van der Waals surface area contributed by atoms with Crippen molar-refractivity contribution >= 4 is 30.7 Å². The maximum absolute atomic E-state index is 13.0. The van der Waals surface area contributed by atoms with Crippen LogP contribution in [0.25, 0.3) is 11.0 Å². The lowest BCUT2D eigenvalue weighted by molar-refractivity contribution is 0.0773. The molecule has 4 rings (SSSR count). The molecule has 0 atom stereocenters. The van der Waals surface area contributed by atoms with Gasteiger partial charge in [-0.25, -0.2) is 4.98 Å². The Morgan fingerprint density at radius 3 is 2.69 bits per heavy atom. The highest BCUT2D eigenvalue weighted by Crippen LogP contribution is 2.39. The number of rotatable bonds is 9. The SMILES string of the molecule is CN(CC#N)C[C@H]1CC[C@H](N2CN(C)C(=O)c3cnc4c(ccn4COCC[Si](C)(C)C)c32)CC1. The number of anilines is 1. The van der Waals surface area contributed by atoms with E-state index < -0.39 is 8.07 Å². The van der Waals surface area contributed by atoms with E-state index in [1.807, 2.05) is 20.3 Å². The summed E-state index contributed by atoms with van der Waals surface area (Å²) in [6, 6.07) is 5.87. The summed E-state index contributed by atoms with van der Waals surface area (Å²) in [4.78, 5) is 24.1. The lowest BCUT2D eigenvalue weighted by Gasteiger charge is -2.44. The highest BCUT2D eigenvalue weighted by molar-refractivity contribution is 6.76. The predicted molar refractivity (Wildman–Crippen MR) is 142 cm³/mol. The maximum Gasteiger partial charge on any atom is 0.258 e. The predicted octanol–water partition coefficient (Wildman–Crippen LogP) is 4.21. The first-order valence-corrected chi connectivity index (χ1v) is 16.5. The summed E-state index contributed by atoms with van der Waals surface area (Å²) in [7, 11) is 2.78. The van der Waals surface area contributed by atoms with Gasteiger partial charge in [-0.1, -0.05) is 19.6 Å². The molecule has 9 heteroatoms. The fraction of sp³-hybridized carbons (Fsp3) is 0.654. The van der Waals surface area contributed by atoms with Crippen LogP contribution >= 0.6 is 0 Å². The number of ether oxygens (including phenoxy) is 1. The van der Waals surface area contributed by atoms with E-state index in [2.05, 4.69) is 46.1 Å². The minimum atomic E-state index is -1.13. The highest BCUT2D eigenvalue weighted by atomic mass is 28.3. The molecular weight excluding hydrogens is 456 g/mol. The average molecular weight is 497 g/mol. The Kier molecular flexibility index (Phi) is 7.84. The molecule has 2 aliphatic rings. The largest absolute Gasteiger partial charge is 0.361 e. The molecular formula is C26H40N6O2Si. The zero-order valence-electron chi connectivity index (χ0n) is 22.0.